The molecule has 226 valence electrons. The average Bonchev–Trinajstić information content (AvgIpc) is 2.84. The molecule has 0 aliphatic carbocycles. The number of esters is 1. The van der Waals surface area contributed by atoms with E-state index in [2.05, 4.69) is 0 Å². The predicted octanol–water partition coefficient (Wildman–Crippen LogP) is 5.96. The first-order chi connectivity index (χ1) is 18.5. The van der Waals surface area contributed by atoms with Gasteiger partial charge in [0.05, 0.1) is 0 Å². The summed E-state index contributed by atoms with van der Waals surface area (Å²) in [7, 11) is 0. The Hall–Kier alpha value is -3.34. The van der Waals surface area contributed by atoms with Crippen LogP contribution in [0.1, 0.15) is 99.5 Å². The molecule has 0 radical (unpaired) electrons. The number of carbonyl (C=O) groups excluding carboxylic acids is 3. The minimum Gasteiger partial charge on any atom is -0.480 e. The lowest BCUT2D eigenvalue weighted by Gasteiger charge is -2.32. The number of ether oxygens (including phenoxy) is 5. The van der Waals surface area contributed by atoms with Gasteiger partial charge in [-0.3, -0.25) is 9.59 Å². The molecular weight excluding hydrogens is 522 g/mol. The Morgan fingerprint density at radius 1 is 0.875 bits per heavy atom. The highest BCUT2D eigenvalue weighted by molar-refractivity contribution is 5.75. The second-order valence-electron chi connectivity index (χ2n) is 11.0. The van der Waals surface area contributed by atoms with E-state index in [0.717, 1.165) is 0 Å². The van der Waals surface area contributed by atoms with Gasteiger partial charge in [-0.1, -0.05) is 33.8 Å². The zero-order valence-electron chi connectivity index (χ0n) is 25.1. The van der Waals surface area contributed by atoms with Crippen LogP contribution < -0.4 is 15.2 Å². The summed E-state index contributed by atoms with van der Waals surface area (Å²) in [6.45, 7) is 15.7. The zero-order valence-corrected chi connectivity index (χ0v) is 25.1. The normalized spacial score (nSPS) is 14.8. The molecule has 0 saturated heterocycles. The van der Waals surface area contributed by atoms with Crippen molar-refractivity contribution >= 4 is 24.2 Å². The van der Waals surface area contributed by atoms with Gasteiger partial charge in [-0.05, 0) is 71.6 Å². The summed E-state index contributed by atoms with van der Waals surface area (Å²) in [6.07, 6.45) is -0.903. The van der Waals surface area contributed by atoms with Gasteiger partial charge in [-0.15, -0.1) is 0 Å². The molecule has 40 heavy (non-hydrogen) atoms. The third-order valence-corrected chi connectivity index (χ3v) is 6.91. The first kappa shape index (κ1) is 34.7. The highest BCUT2D eigenvalue weighted by atomic mass is 16.8. The van der Waals surface area contributed by atoms with Crippen molar-refractivity contribution in [2.75, 3.05) is 0 Å². The minimum absolute atomic E-state index is 0.148. The second kappa shape index (κ2) is 14.9. The summed E-state index contributed by atoms with van der Waals surface area (Å²) in [5.74, 6) is -3.48. The molecule has 11 nitrogen and oxygen atoms in total. The molecule has 4 atom stereocenters. The fourth-order valence-corrected chi connectivity index (χ4v) is 3.57. The first-order valence-electron chi connectivity index (χ1n) is 13.6. The molecule has 0 fully saturated rings. The van der Waals surface area contributed by atoms with Crippen LogP contribution in [0.3, 0.4) is 0 Å². The van der Waals surface area contributed by atoms with E-state index in [1.54, 1.807) is 41.5 Å². The monoisotopic (exact) mass is 567 g/mol. The van der Waals surface area contributed by atoms with Crippen LogP contribution in [0.2, 0.25) is 0 Å². The number of hydrogen-bond acceptors (Lipinski definition) is 10. The molecule has 0 heterocycles. The van der Waals surface area contributed by atoms with Crippen LogP contribution in [0, 0.1) is 5.92 Å². The molecule has 1 aromatic carbocycles. The second-order valence-corrected chi connectivity index (χ2v) is 11.0. The minimum atomic E-state index is -1.40. The number of carboxylic acids is 1. The molecule has 3 N–H and O–H groups in total. The lowest BCUT2D eigenvalue weighted by molar-refractivity contribution is -0.151. The molecule has 1 rings (SSSR count). The van der Waals surface area contributed by atoms with Gasteiger partial charge in [-0.25, -0.2) is 9.59 Å². The smallest absolute Gasteiger partial charge is 0.480 e. The molecular formula is C29H45NO10. The fourth-order valence-electron chi connectivity index (χ4n) is 3.57. The summed E-state index contributed by atoms with van der Waals surface area (Å²) in [6, 6.07) is 2.82. The Morgan fingerprint density at radius 3 is 1.82 bits per heavy atom. The molecule has 0 aromatic heterocycles. The average molecular weight is 568 g/mol. The molecule has 3 unspecified atom stereocenters. The predicted molar refractivity (Wildman–Crippen MR) is 147 cm³/mol. The maximum atomic E-state index is 12.7. The molecule has 0 aliphatic heterocycles. The van der Waals surface area contributed by atoms with Crippen LogP contribution in [-0.4, -0.2) is 52.7 Å². The van der Waals surface area contributed by atoms with Gasteiger partial charge in [0.2, 0.25) is 0 Å². The third kappa shape index (κ3) is 10.7. The summed E-state index contributed by atoms with van der Waals surface area (Å²) in [4.78, 5) is 49.2. The van der Waals surface area contributed by atoms with E-state index in [1.165, 1.54) is 18.2 Å². The van der Waals surface area contributed by atoms with Crippen LogP contribution in [0.4, 0.5) is 9.59 Å². The first-order valence-corrected chi connectivity index (χ1v) is 13.6. The maximum Gasteiger partial charge on any atom is 0.514 e. The summed E-state index contributed by atoms with van der Waals surface area (Å²) in [5, 5.41) is 9.76. The van der Waals surface area contributed by atoms with Gasteiger partial charge < -0.3 is 34.5 Å². The quantitative estimate of drug-likeness (QED) is 0.155. The van der Waals surface area contributed by atoms with Crippen molar-refractivity contribution in [3.8, 4) is 11.5 Å². The van der Waals surface area contributed by atoms with E-state index >= 15 is 0 Å². The van der Waals surface area contributed by atoms with Crippen LogP contribution in [-0.2, 0) is 23.8 Å². The molecule has 0 amide bonds. The summed E-state index contributed by atoms with van der Waals surface area (Å²) < 4.78 is 27.0. The Kier molecular flexibility index (Phi) is 12.9. The Morgan fingerprint density at radius 2 is 1.38 bits per heavy atom. The van der Waals surface area contributed by atoms with Crippen molar-refractivity contribution in [1.82, 2.24) is 0 Å². The largest absolute Gasteiger partial charge is 0.514 e. The van der Waals surface area contributed by atoms with E-state index in [-0.39, 0.29) is 17.9 Å². The number of hydrogen-bond donors (Lipinski definition) is 2. The van der Waals surface area contributed by atoms with Gasteiger partial charge in [0.1, 0.15) is 23.3 Å². The summed E-state index contributed by atoms with van der Waals surface area (Å²) in [5.41, 5.74) is 4.82. The van der Waals surface area contributed by atoms with Crippen LogP contribution in [0.25, 0.3) is 0 Å². The standard InChI is InChI=1S/C29H45NO10/c1-10-13-22(31)36-18(5)17(4)23(24(30)25(32)33)19-14-15-20(37-26(34)39-28(6,7)11-2)21(16-19)38-27(35)40-29(8,9)12-3/h14-18,23-24H,10-13,30H2,1-9H3,(H,32,33)/t17?,18?,23?,24-/m0/s1. The van der Waals surface area contributed by atoms with E-state index in [0.29, 0.717) is 24.8 Å². The molecule has 0 spiro atoms. The molecule has 0 aliphatic rings. The van der Waals surface area contributed by atoms with Gasteiger partial charge in [-0.2, -0.15) is 0 Å². The van der Waals surface area contributed by atoms with Gasteiger partial charge in [0.15, 0.2) is 11.5 Å². The summed E-state index contributed by atoms with van der Waals surface area (Å²) >= 11 is 0. The van der Waals surface area contributed by atoms with Crippen molar-refractivity contribution in [2.45, 2.75) is 117 Å². The Bertz CT molecular complexity index is 1040. The van der Waals surface area contributed by atoms with E-state index < -0.39 is 59.4 Å². The molecule has 1 aromatic rings. The number of carbonyl (C=O) groups is 4. The number of nitrogens with two attached hydrogens (primary N) is 1. The van der Waals surface area contributed by atoms with Crippen molar-refractivity contribution in [3.05, 3.63) is 23.8 Å². The van der Waals surface area contributed by atoms with Crippen LogP contribution in [0.15, 0.2) is 18.2 Å². The SMILES string of the molecule is CCCC(=O)OC(C)C(C)C(c1ccc(OC(=O)OC(C)(C)CC)c(OC(=O)OC(C)(C)CC)c1)[C@H](N)C(=O)O. The Balaban J connectivity index is 3.52. The van der Waals surface area contributed by atoms with Crippen molar-refractivity contribution < 1.29 is 48.0 Å². The highest BCUT2D eigenvalue weighted by Gasteiger charge is 2.36. The van der Waals surface area contributed by atoms with Crippen molar-refractivity contribution in [3.63, 3.8) is 0 Å². The van der Waals surface area contributed by atoms with E-state index in [4.69, 9.17) is 29.4 Å². The van der Waals surface area contributed by atoms with Gasteiger partial charge >= 0.3 is 24.2 Å². The Labute approximate surface area is 236 Å². The fraction of sp³-hybridized carbons (Fsp3) is 0.655. The highest BCUT2D eigenvalue weighted by Crippen LogP contribution is 2.38. The number of aliphatic carboxylic acids is 1. The molecule has 11 heteroatoms. The van der Waals surface area contributed by atoms with Crippen LogP contribution >= 0.6 is 0 Å². The van der Waals surface area contributed by atoms with Gasteiger partial charge in [0.25, 0.3) is 0 Å². The number of rotatable bonds is 14. The zero-order chi connectivity index (χ0) is 30.8. The molecule has 0 bridgehead atoms. The van der Waals surface area contributed by atoms with Gasteiger partial charge in [0, 0.05) is 18.3 Å². The molecule has 0 saturated carbocycles. The van der Waals surface area contributed by atoms with Crippen LogP contribution in [0.5, 0.6) is 11.5 Å². The third-order valence-electron chi connectivity index (χ3n) is 6.91. The number of benzene rings is 1. The van der Waals surface area contributed by atoms with Crippen molar-refractivity contribution in [2.24, 2.45) is 11.7 Å². The van der Waals surface area contributed by atoms with Crippen molar-refractivity contribution in [1.29, 1.82) is 0 Å². The topological polar surface area (TPSA) is 161 Å². The number of carboxylic acid groups (broad SMARTS) is 1. The lowest BCUT2D eigenvalue weighted by atomic mass is 9.79. The lowest BCUT2D eigenvalue weighted by Crippen LogP contribution is -2.42. The van der Waals surface area contributed by atoms with E-state index in [9.17, 15) is 24.3 Å². The van der Waals surface area contributed by atoms with E-state index in [1.807, 2.05) is 20.8 Å². The maximum absolute atomic E-state index is 12.7.